The predicted molar refractivity (Wildman–Crippen MR) is 80.5 cm³/mol. The number of hydrogen-bond acceptors (Lipinski definition) is 3. The molecule has 0 fully saturated rings. The molecule has 6 heteroatoms. The summed E-state index contributed by atoms with van der Waals surface area (Å²) < 4.78 is 1.01. The van der Waals surface area contributed by atoms with E-state index in [0.717, 1.165) is 10.0 Å². The average molecular weight is 337 g/mol. The molecule has 0 saturated heterocycles. The first-order valence-electron chi connectivity index (χ1n) is 6.46. The number of carbonyl (C=O) groups is 1. The Bertz CT molecular complexity index is 591. The minimum Gasteiger partial charge on any atom is -0.343 e. The fourth-order valence-electron chi connectivity index (χ4n) is 1.73. The second-order valence-corrected chi connectivity index (χ2v) is 5.86. The van der Waals surface area contributed by atoms with Gasteiger partial charge in [0, 0.05) is 10.4 Å². The minimum atomic E-state index is -0.274. The highest BCUT2D eigenvalue weighted by Crippen LogP contribution is 2.17. The molecular weight excluding hydrogens is 320 g/mol. The van der Waals surface area contributed by atoms with Crippen LogP contribution in [0.1, 0.15) is 54.7 Å². The number of nitrogens with one attached hydrogen (secondary N) is 2. The molecule has 1 aromatic carbocycles. The van der Waals surface area contributed by atoms with Crippen molar-refractivity contribution in [3.63, 3.8) is 0 Å². The molecule has 1 atom stereocenters. The zero-order chi connectivity index (χ0) is 14.7. The Morgan fingerprint density at radius 1 is 1.25 bits per heavy atom. The van der Waals surface area contributed by atoms with Crippen LogP contribution in [0, 0.1) is 0 Å². The van der Waals surface area contributed by atoms with Gasteiger partial charge in [0.1, 0.15) is 5.82 Å². The number of H-pyrrole nitrogens is 1. The van der Waals surface area contributed by atoms with Crippen molar-refractivity contribution in [2.45, 2.75) is 32.7 Å². The van der Waals surface area contributed by atoms with E-state index in [1.165, 1.54) is 0 Å². The third kappa shape index (κ3) is 3.45. The van der Waals surface area contributed by atoms with Gasteiger partial charge in [0.25, 0.3) is 5.91 Å². The van der Waals surface area contributed by atoms with E-state index in [1.54, 1.807) is 0 Å². The van der Waals surface area contributed by atoms with Crippen LogP contribution in [0.15, 0.2) is 28.7 Å². The van der Waals surface area contributed by atoms with E-state index in [0.29, 0.717) is 5.82 Å². The lowest BCUT2D eigenvalue weighted by Crippen LogP contribution is -2.27. The third-order valence-corrected chi connectivity index (χ3v) is 3.50. The lowest BCUT2D eigenvalue weighted by Gasteiger charge is -2.13. The fraction of sp³-hybridized carbons (Fsp3) is 0.357. The van der Waals surface area contributed by atoms with Crippen LogP contribution in [0.2, 0.25) is 0 Å². The van der Waals surface area contributed by atoms with Crippen LogP contribution in [0.3, 0.4) is 0 Å². The number of nitrogens with zero attached hydrogens (tertiary/aromatic N) is 2. The molecule has 2 rings (SSSR count). The lowest BCUT2D eigenvalue weighted by atomic mass is 10.1. The second-order valence-electron chi connectivity index (χ2n) is 4.95. The van der Waals surface area contributed by atoms with Gasteiger partial charge >= 0.3 is 0 Å². The van der Waals surface area contributed by atoms with Gasteiger partial charge in [0.2, 0.25) is 5.82 Å². The zero-order valence-corrected chi connectivity index (χ0v) is 13.2. The van der Waals surface area contributed by atoms with Crippen molar-refractivity contribution in [2.75, 3.05) is 0 Å². The first-order chi connectivity index (χ1) is 9.47. The maximum atomic E-state index is 12.1. The predicted octanol–water partition coefficient (Wildman–Crippen LogP) is 3.18. The SMILES string of the molecule is CC(C)c1nc(C(=O)NC(C)c2ccc(Br)cc2)n[nH]1. The van der Waals surface area contributed by atoms with E-state index in [4.69, 9.17) is 0 Å². The van der Waals surface area contributed by atoms with Crippen LogP contribution in [0.4, 0.5) is 0 Å². The third-order valence-electron chi connectivity index (χ3n) is 2.97. The molecule has 0 aliphatic carbocycles. The normalized spacial score (nSPS) is 12.4. The van der Waals surface area contributed by atoms with Crippen LogP contribution in [-0.4, -0.2) is 21.1 Å². The molecule has 0 aliphatic heterocycles. The molecule has 1 amide bonds. The Morgan fingerprint density at radius 2 is 1.90 bits per heavy atom. The number of aromatic nitrogens is 3. The van der Waals surface area contributed by atoms with Crippen LogP contribution in [-0.2, 0) is 0 Å². The first-order valence-corrected chi connectivity index (χ1v) is 7.25. The van der Waals surface area contributed by atoms with E-state index in [2.05, 4.69) is 36.4 Å². The largest absolute Gasteiger partial charge is 0.343 e. The van der Waals surface area contributed by atoms with E-state index in [9.17, 15) is 4.79 Å². The minimum absolute atomic E-state index is 0.100. The van der Waals surface area contributed by atoms with E-state index in [1.807, 2.05) is 45.0 Å². The van der Waals surface area contributed by atoms with Crippen molar-refractivity contribution in [3.05, 3.63) is 46.0 Å². The van der Waals surface area contributed by atoms with E-state index >= 15 is 0 Å². The Balaban J connectivity index is 2.04. The van der Waals surface area contributed by atoms with Gasteiger partial charge < -0.3 is 5.32 Å². The van der Waals surface area contributed by atoms with Crippen molar-refractivity contribution >= 4 is 21.8 Å². The molecular formula is C14H17BrN4O. The fourth-order valence-corrected chi connectivity index (χ4v) is 1.99. The Kier molecular flexibility index (Phi) is 4.54. The number of halogens is 1. The number of benzene rings is 1. The Morgan fingerprint density at radius 3 is 2.45 bits per heavy atom. The molecule has 20 heavy (non-hydrogen) atoms. The van der Waals surface area contributed by atoms with Gasteiger partial charge in [0.05, 0.1) is 6.04 Å². The molecule has 0 bridgehead atoms. The second kappa shape index (κ2) is 6.17. The molecule has 1 unspecified atom stereocenters. The number of aromatic amines is 1. The van der Waals surface area contributed by atoms with Crippen LogP contribution >= 0.6 is 15.9 Å². The van der Waals surface area contributed by atoms with E-state index in [-0.39, 0.29) is 23.7 Å². The number of amides is 1. The Labute approximate surface area is 126 Å². The highest BCUT2D eigenvalue weighted by atomic mass is 79.9. The lowest BCUT2D eigenvalue weighted by molar-refractivity contribution is 0.0929. The molecule has 1 heterocycles. The molecule has 2 aromatic rings. The Hall–Kier alpha value is -1.69. The summed E-state index contributed by atoms with van der Waals surface area (Å²) in [6, 6.07) is 7.72. The number of carbonyl (C=O) groups excluding carboxylic acids is 1. The standard InChI is InChI=1S/C14H17BrN4O/c1-8(2)12-17-13(19-18-12)14(20)16-9(3)10-4-6-11(15)7-5-10/h4-9H,1-3H3,(H,16,20)(H,17,18,19). The zero-order valence-electron chi connectivity index (χ0n) is 11.6. The van der Waals surface area contributed by atoms with Crippen molar-refractivity contribution in [2.24, 2.45) is 0 Å². The van der Waals surface area contributed by atoms with Crippen LogP contribution in [0.25, 0.3) is 0 Å². The molecule has 5 nitrogen and oxygen atoms in total. The molecule has 0 aliphatic rings. The van der Waals surface area contributed by atoms with Gasteiger partial charge in [-0.05, 0) is 24.6 Å². The summed E-state index contributed by atoms with van der Waals surface area (Å²) in [6.45, 7) is 5.91. The van der Waals surface area contributed by atoms with Crippen molar-refractivity contribution in [1.82, 2.24) is 20.5 Å². The van der Waals surface area contributed by atoms with Gasteiger partial charge in [0.15, 0.2) is 0 Å². The summed E-state index contributed by atoms with van der Waals surface area (Å²) in [5.74, 6) is 0.834. The van der Waals surface area contributed by atoms with Crippen LogP contribution < -0.4 is 5.32 Å². The topological polar surface area (TPSA) is 70.7 Å². The molecule has 0 saturated carbocycles. The summed E-state index contributed by atoms with van der Waals surface area (Å²) in [4.78, 5) is 16.3. The van der Waals surface area contributed by atoms with Crippen LogP contribution in [0.5, 0.6) is 0 Å². The molecule has 2 N–H and O–H groups in total. The smallest absolute Gasteiger partial charge is 0.291 e. The first kappa shape index (κ1) is 14.7. The molecule has 1 aromatic heterocycles. The highest BCUT2D eigenvalue weighted by molar-refractivity contribution is 9.10. The maximum absolute atomic E-state index is 12.1. The van der Waals surface area contributed by atoms with Crippen molar-refractivity contribution in [1.29, 1.82) is 0 Å². The summed E-state index contributed by atoms with van der Waals surface area (Å²) in [6.07, 6.45) is 0. The molecule has 0 spiro atoms. The average Bonchev–Trinajstić information content (AvgIpc) is 2.89. The van der Waals surface area contributed by atoms with Gasteiger partial charge in [-0.2, -0.15) is 0 Å². The molecule has 106 valence electrons. The van der Waals surface area contributed by atoms with Gasteiger partial charge in [-0.1, -0.05) is 41.9 Å². The van der Waals surface area contributed by atoms with Gasteiger partial charge in [-0.3, -0.25) is 9.89 Å². The summed E-state index contributed by atoms with van der Waals surface area (Å²) in [5, 5.41) is 9.61. The number of rotatable bonds is 4. The van der Waals surface area contributed by atoms with Crippen molar-refractivity contribution < 1.29 is 4.79 Å². The monoisotopic (exact) mass is 336 g/mol. The van der Waals surface area contributed by atoms with E-state index < -0.39 is 0 Å². The summed E-state index contributed by atoms with van der Waals surface area (Å²) >= 11 is 3.39. The van der Waals surface area contributed by atoms with Crippen molar-refractivity contribution in [3.8, 4) is 0 Å². The maximum Gasteiger partial charge on any atom is 0.291 e. The quantitative estimate of drug-likeness (QED) is 0.900. The summed E-state index contributed by atoms with van der Waals surface area (Å²) in [7, 11) is 0. The van der Waals surface area contributed by atoms with Gasteiger partial charge in [-0.25, -0.2) is 4.98 Å². The number of hydrogen-bond donors (Lipinski definition) is 2. The summed E-state index contributed by atoms with van der Waals surface area (Å²) in [5.41, 5.74) is 1.03. The van der Waals surface area contributed by atoms with Gasteiger partial charge in [-0.15, -0.1) is 5.10 Å². The highest BCUT2D eigenvalue weighted by Gasteiger charge is 2.16. The molecule has 0 radical (unpaired) electrons.